The molecule has 5 aliphatic rings. The number of carbonyl (C=O) groups is 1. The Morgan fingerprint density at radius 1 is 0.629 bits per heavy atom. The van der Waals surface area contributed by atoms with Crippen molar-refractivity contribution in [3.63, 3.8) is 0 Å². The van der Waals surface area contributed by atoms with E-state index in [0.717, 1.165) is 56.8 Å². The minimum atomic E-state index is -0.365. The number of nitrogens with zero attached hydrogens (tertiary/aromatic N) is 4. The fraction of sp³-hybridized carbons (Fsp3) is 0.0357. The summed E-state index contributed by atoms with van der Waals surface area (Å²) in [6, 6.07) is 7.31. The first-order valence-corrected chi connectivity index (χ1v) is 10.8. The van der Waals surface area contributed by atoms with Crippen LogP contribution in [-0.4, -0.2) is 35.9 Å². The summed E-state index contributed by atoms with van der Waals surface area (Å²) in [6.07, 6.45) is 21.7. The Labute approximate surface area is 212 Å². The quantitative estimate of drug-likeness (QED) is 0.428. The molecule has 0 radical (unpaired) electrons. The number of esters is 1. The van der Waals surface area contributed by atoms with Gasteiger partial charge in [0.25, 0.3) is 0 Å². The Morgan fingerprint density at radius 3 is 1.69 bits per heavy atom. The Morgan fingerprint density at radius 2 is 1.14 bits per heavy atom. The van der Waals surface area contributed by atoms with Crippen molar-refractivity contribution in [2.24, 2.45) is 20.0 Å². The first kappa shape index (κ1) is 22.6. The maximum atomic E-state index is 11.8. The number of hydrogen-bond donors (Lipinski definition) is 0. The average molecular weight is 501 g/mol. The molecule has 6 nitrogen and oxygen atoms in total. The number of ether oxygens (including phenoxy) is 1. The zero-order chi connectivity index (χ0) is 23.1. The molecular weight excluding hydrogens is 483 g/mol. The van der Waals surface area contributed by atoms with Gasteiger partial charge in [-0.3, -0.25) is 0 Å². The van der Waals surface area contributed by atoms with Crippen molar-refractivity contribution in [3.05, 3.63) is 125 Å². The molecule has 0 aliphatic carbocycles. The van der Waals surface area contributed by atoms with Crippen LogP contribution in [0.5, 0.6) is 0 Å². The third-order valence-corrected chi connectivity index (χ3v) is 5.66. The zero-order valence-corrected chi connectivity index (χ0v) is 19.6. The molecule has 5 aliphatic heterocycles. The Balaban J connectivity index is 0.00000253. The van der Waals surface area contributed by atoms with E-state index in [1.54, 1.807) is 12.1 Å². The van der Waals surface area contributed by atoms with Gasteiger partial charge in [-0.05, 0) is 84.5 Å². The van der Waals surface area contributed by atoms with Gasteiger partial charge in [0.1, 0.15) is 0 Å². The maximum Gasteiger partial charge on any atom is 0.337 e. The van der Waals surface area contributed by atoms with E-state index in [-0.39, 0.29) is 22.5 Å². The molecule has 0 saturated carbocycles. The van der Waals surface area contributed by atoms with E-state index in [1.165, 1.54) is 7.11 Å². The molecule has 5 heterocycles. The van der Waals surface area contributed by atoms with Crippen LogP contribution in [0.3, 0.4) is 0 Å². The molecule has 0 fully saturated rings. The van der Waals surface area contributed by atoms with Crippen molar-refractivity contribution in [2.45, 2.75) is 0 Å². The van der Waals surface area contributed by atoms with E-state index in [1.807, 2.05) is 79.0 Å². The molecule has 8 bridgehead atoms. The Hall–Kier alpha value is -4.22. The topological polar surface area (TPSA) is 75.7 Å². The molecule has 0 saturated heterocycles. The van der Waals surface area contributed by atoms with Crippen LogP contribution in [0.1, 0.15) is 15.9 Å². The maximum absolute atomic E-state index is 11.8. The second-order valence-electron chi connectivity index (χ2n) is 8.01. The van der Waals surface area contributed by atoms with Crippen LogP contribution in [-0.2, 0) is 21.2 Å². The summed E-state index contributed by atoms with van der Waals surface area (Å²) >= 11 is 0. The predicted molar refractivity (Wildman–Crippen MR) is 135 cm³/mol. The van der Waals surface area contributed by atoms with Crippen LogP contribution < -0.4 is 0 Å². The third kappa shape index (κ3) is 4.59. The number of fused-ring (bicyclic) bond motifs is 4. The number of carbonyl (C=O) groups excluding carboxylic acids is 1. The van der Waals surface area contributed by atoms with Crippen molar-refractivity contribution >= 4 is 34.4 Å². The first-order chi connectivity index (χ1) is 16.6. The van der Waals surface area contributed by atoms with E-state index in [9.17, 15) is 4.79 Å². The molecular formula is C28H18N4NiO2. The Bertz CT molecular complexity index is 1520. The second-order valence-corrected chi connectivity index (χ2v) is 8.01. The summed E-state index contributed by atoms with van der Waals surface area (Å²) in [7, 11) is 1.37. The standard InChI is InChI=1S/C28H18N4O2.Ni/c1-34-28(33)18-4-2-17(3-5-18)26-15-25-14-23-9-8-21(30-23)12-19-6-7-20(29-19)13-22-10-11-24(31-22)16-27(26)32-25;/h2-16H,1H3;. The molecule has 7 heteroatoms. The van der Waals surface area contributed by atoms with Crippen molar-refractivity contribution in [3.8, 4) is 0 Å². The number of methoxy groups -OCH3 is 1. The largest absolute Gasteiger partial charge is 0.465 e. The summed E-state index contributed by atoms with van der Waals surface area (Å²) in [4.78, 5) is 30.7. The molecule has 0 unspecified atom stereocenters. The number of hydrogen-bond acceptors (Lipinski definition) is 6. The SMILES string of the molecule is COC(=O)c1ccc(C2=CC3=NC2=CC2=NC(=CC4=NC(=CC5=NC(=C3)C=C5)C=C4)C=C2)cc1.[Ni]. The van der Waals surface area contributed by atoms with Gasteiger partial charge in [0.15, 0.2) is 0 Å². The summed E-state index contributed by atoms with van der Waals surface area (Å²) in [5.41, 5.74) is 8.98. The number of aliphatic imine (C=N–C) groups is 4. The summed E-state index contributed by atoms with van der Waals surface area (Å²) in [5, 5.41) is 0. The van der Waals surface area contributed by atoms with Crippen LogP contribution in [0, 0.1) is 0 Å². The van der Waals surface area contributed by atoms with Crippen LogP contribution in [0.4, 0.5) is 0 Å². The molecule has 1 aromatic rings. The van der Waals surface area contributed by atoms with E-state index in [4.69, 9.17) is 14.7 Å². The van der Waals surface area contributed by atoms with Gasteiger partial charge in [0, 0.05) is 22.1 Å². The second kappa shape index (κ2) is 9.20. The van der Waals surface area contributed by atoms with Crippen molar-refractivity contribution < 1.29 is 26.0 Å². The van der Waals surface area contributed by atoms with Crippen LogP contribution in [0.2, 0.25) is 0 Å². The molecule has 0 atom stereocenters. The van der Waals surface area contributed by atoms with E-state index >= 15 is 0 Å². The molecule has 6 rings (SSSR count). The molecule has 1 aromatic carbocycles. The summed E-state index contributed by atoms with van der Waals surface area (Å²) in [6.45, 7) is 0. The van der Waals surface area contributed by atoms with Gasteiger partial charge in [-0.15, -0.1) is 0 Å². The molecule has 0 N–H and O–H groups in total. The van der Waals surface area contributed by atoms with Crippen LogP contribution in [0.25, 0.3) is 5.57 Å². The monoisotopic (exact) mass is 500 g/mol. The van der Waals surface area contributed by atoms with Gasteiger partial charge >= 0.3 is 5.97 Å². The minimum absolute atomic E-state index is 0. The fourth-order valence-corrected chi connectivity index (χ4v) is 4.03. The van der Waals surface area contributed by atoms with Crippen molar-refractivity contribution in [2.75, 3.05) is 7.11 Å². The number of allylic oxidation sites excluding steroid dienone is 12. The van der Waals surface area contributed by atoms with Gasteiger partial charge in [-0.25, -0.2) is 24.8 Å². The fourth-order valence-electron chi connectivity index (χ4n) is 4.03. The van der Waals surface area contributed by atoms with Crippen LogP contribution in [0.15, 0.2) is 134 Å². The van der Waals surface area contributed by atoms with Gasteiger partial charge < -0.3 is 4.74 Å². The average Bonchev–Trinajstić information content (AvgIpc) is 3.64. The molecule has 172 valence electrons. The minimum Gasteiger partial charge on any atom is -0.465 e. The summed E-state index contributed by atoms with van der Waals surface area (Å²) in [5.74, 6) is -0.365. The Kier molecular flexibility index (Phi) is 5.93. The summed E-state index contributed by atoms with van der Waals surface area (Å²) < 4.78 is 4.81. The van der Waals surface area contributed by atoms with Crippen molar-refractivity contribution in [1.82, 2.24) is 0 Å². The molecule has 0 spiro atoms. The van der Waals surface area contributed by atoms with Gasteiger partial charge in [0.2, 0.25) is 0 Å². The number of rotatable bonds is 2. The smallest absolute Gasteiger partial charge is 0.337 e. The van der Waals surface area contributed by atoms with Crippen molar-refractivity contribution in [1.29, 1.82) is 0 Å². The van der Waals surface area contributed by atoms with Crippen LogP contribution >= 0.6 is 0 Å². The first-order valence-electron chi connectivity index (χ1n) is 10.8. The molecule has 0 amide bonds. The number of benzene rings is 1. The zero-order valence-electron chi connectivity index (χ0n) is 18.6. The van der Waals surface area contributed by atoms with E-state index in [0.29, 0.717) is 5.56 Å². The predicted octanol–water partition coefficient (Wildman–Crippen LogP) is 4.89. The van der Waals surface area contributed by atoms with E-state index in [2.05, 4.69) is 9.98 Å². The molecule has 0 aromatic heterocycles. The third-order valence-electron chi connectivity index (χ3n) is 5.66. The molecule has 35 heavy (non-hydrogen) atoms. The van der Waals surface area contributed by atoms with Gasteiger partial charge in [-0.1, -0.05) is 12.1 Å². The normalized spacial score (nSPS) is 18.9. The van der Waals surface area contributed by atoms with E-state index < -0.39 is 0 Å². The van der Waals surface area contributed by atoms with Gasteiger partial charge in [-0.2, -0.15) is 0 Å². The van der Waals surface area contributed by atoms with Gasteiger partial charge in [0.05, 0.1) is 58.3 Å².